The van der Waals surface area contributed by atoms with Crippen molar-refractivity contribution >= 4 is 35.2 Å². The lowest BCUT2D eigenvalue weighted by molar-refractivity contribution is -0.138. The highest BCUT2D eigenvalue weighted by Crippen LogP contribution is 2.19. The Labute approximate surface area is 183 Å². The van der Waals surface area contributed by atoms with Gasteiger partial charge in [0.1, 0.15) is 6.04 Å². The fraction of sp³-hybridized carbons (Fsp3) is 0.391. The lowest BCUT2D eigenvalue weighted by atomic mass is 10.1. The molecule has 29 heavy (non-hydrogen) atoms. The van der Waals surface area contributed by atoms with Gasteiger partial charge in [-0.3, -0.25) is 9.59 Å². The molecule has 2 amide bonds. The summed E-state index contributed by atoms with van der Waals surface area (Å²) in [5, 5.41) is 3.59. The molecule has 0 aliphatic carbocycles. The number of nitrogens with one attached hydrogen (secondary N) is 1. The molecule has 0 fully saturated rings. The number of rotatable bonds is 10. The fourth-order valence-corrected chi connectivity index (χ4v) is 3.99. The highest BCUT2D eigenvalue weighted by Gasteiger charge is 2.26. The molecule has 0 aliphatic heterocycles. The first kappa shape index (κ1) is 23.3. The standard InChI is InChI=1S/C23H29ClN2O2S/c1-4-12-25-23(28)18(3)26(14-20-10-6-5-8-17(20)2)22(27)16-29-15-19-9-7-11-21(24)13-19/h5-11,13,18H,4,12,14-16H2,1-3H3,(H,25,28)/t18-/m1/s1. The van der Waals surface area contributed by atoms with Gasteiger partial charge < -0.3 is 10.2 Å². The normalized spacial score (nSPS) is 11.7. The van der Waals surface area contributed by atoms with E-state index in [1.165, 1.54) is 11.8 Å². The second kappa shape index (κ2) is 11.9. The highest BCUT2D eigenvalue weighted by atomic mass is 35.5. The van der Waals surface area contributed by atoms with Crippen molar-refractivity contribution in [1.29, 1.82) is 0 Å². The van der Waals surface area contributed by atoms with E-state index in [1.807, 2.05) is 62.4 Å². The van der Waals surface area contributed by atoms with Crippen molar-refractivity contribution in [3.8, 4) is 0 Å². The smallest absolute Gasteiger partial charge is 0.242 e. The molecule has 2 rings (SSSR count). The van der Waals surface area contributed by atoms with Crippen LogP contribution in [0.15, 0.2) is 48.5 Å². The summed E-state index contributed by atoms with van der Waals surface area (Å²) in [6, 6.07) is 15.1. The van der Waals surface area contributed by atoms with Gasteiger partial charge >= 0.3 is 0 Å². The Kier molecular flexibility index (Phi) is 9.55. The molecule has 1 atom stereocenters. The van der Waals surface area contributed by atoms with Gasteiger partial charge in [0, 0.05) is 23.9 Å². The molecule has 2 aromatic rings. The third-order valence-corrected chi connectivity index (χ3v) is 5.93. The minimum Gasteiger partial charge on any atom is -0.354 e. The van der Waals surface area contributed by atoms with Crippen molar-refractivity contribution in [3.63, 3.8) is 0 Å². The van der Waals surface area contributed by atoms with Crippen LogP contribution >= 0.6 is 23.4 Å². The minimum atomic E-state index is -0.527. The first-order chi connectivity index (χ1) is 13.9. The van der Waals surface area contributed by atoms with E-state index in [4.69, 9.17) is 11.6 Å². The Bertz CT molecular complexity index is 828. The Morgan fingerprint density at radius 2 is 1.93 bits per heavy atom. The monoisotopic (exact) mass is 432 g/mol. The number of amides is 2. The summed E-state index contributed by atoms with van der Waals surface area (Å²) in [6.45, 7) is 6.85. The summed E-state index contributed by atoms with van der Waals surface area (Å²) in [4.78, 5) is 27.2. The number of thioether (sulfide) groups is 1. The fourth-order valence-electron chi connectivity index (χ4n) is 2.92. The minimum absolute atomic E-state index is 0.0422. The lowest BCUT2D eigenvalue weighted by Crippen LogP contribution is -2.48. The molecule has 156 valence electrons. The molecular formula is C23H29ClN2O2S. The number of carbonyl (C=O) groups excluding carboxylic acids is 2. The van der Waals surface area contributed by atoms with E-state index in [-0.39, 0.29) is 11.8 Å². The van der Waals surface area contributed by atoms with Crippen LogP contribution < -0.4 is 5.32 Å². The van der Waals surface area contributed by atoms with Gasteiger partial charge in [-0.1, -0.05) is 54.9 Å². The van der Waals surface area contributed by atoms with E-state index in [0.29, 0.717) is 29.6 Å². The van der Waals surface area contributed by atoms with Crippen LogP contribution in [-0.2, 0) is 21.9 Å². The average Bonchev–Trinajstić information content (AvgIpc) is 2.71. The van der Waals surface area contributed by atoms with Crippen LogP contribution in [-0.4, -0.2) is 35.1 Å². The molecule has 1 N–H and O–H groups in total. The predicted molar refractivity (Wildman–Crippen MR) is 122 cm³/mol. The van der Waals surface area contributed by atoms with Gasteiger partial charge in [0.05, 0.1) is 5.75 Å². The Hall–Kier alpha value is -1.98. The molecule has 6 heteroatoms. The topological polar surface area (TPSA) is 49.4 Å². The molecular weight excluding hydrogens is 404 g/mol. The van der Waals surface area contributed by atoms with Crippen LogP contribution in [0, 0.1) is 6.92 Å². The maximum Gasteiger partial charge on any atom is 0.242 e. The Balaban J connectivity index is 2.07. The number of benzene rings is 2. The van der Waals surface area contributed by atoms with E-state index in [0.717, 1.165) is 23.1 Å². The Morgan fingerprint density at radius 1 is 1.17 bits per heavy atom. The van der Waals surface area contributed by atoms with Gasteiger partial charge in [0.2, 0.25) is 11.8 Å². The summed E-state index contributed by atoms with van der Waals surface area (Å²) < 4.78 is 0. The second-order valence-electron chi connectivity index (χ2n) is 7.04. The zero-order valence-electron chi connectivity index (χ0n) is 17.3. The third-order valence-electron chi connectivity index (χ3n) is 4.70. The van der Waals surface area contributed by atoms with Crippen LogP contribution in [0.3, 0.4) is 0 Å². The largest absolute Gasteiger partial charge is 0.354 e. The molecule has 0 unspecified atom stereocenters. The van der Waals surface area contributed by atoms with Gasteiger partial charge in [-0.05, 0) is 49.1 Å². The Morgan fingerprint density at radius 3 is 2.62 bits per heavy atom. The SMILES string of the molecule is CCCNC(=O)[C@@H](C)N(Cc1ccccc1C)C(=O)CSCc1cccc(Cl)c1. The van der Waals surface area contributed by atoms with E-state index in [2.05, 4.69) is 5.32 Å². The molecule has 0 radical (unpaired) electrons. The molecule has 0 saturated heterocycles. The van der Waals surface area contributed by atoms with Crippen LogP contribution in [0.2, 0.25) is 5.02 Å². The number of hydrogen-bond donors (Lipinski definition) is 1. The molecule has 4 nitrogen and oxygen atoms in total. The third kappa shape index (κ3) is 7.41. The van der Waals surface area contributed by atoms with Crippen LogP contribution in [0.1, 0.15) is 37.0 Å². The highest BCUT2D eigenvalue weighted by molar-refractivity contribution is 7.99. The van der Waals surface area contributed by atoms with Crippen molar-refractivity contribution < 1.29 is 9.59 Å². The molecule has 0 bridgehead atoms. The second-order valence-corrected chi connectivity index (χ2v) is 8.46. The van der Waals surface area contributed by atoms with Gasteiger partial charge in [0.25, 0.3) is 0 Å². The van der Waals surface area contributed by atoms with E-state index in [9.17, 15) is 9.59 Å². The lowest BCUT2D eigenvalue weighted by Gasteiger charge is -2.29. The van der Waals surface area contributed by atoms with Crippen LogP contribution in [0.5, 0.6) is 0 Å². The molecule has 0 spiro atoms. The van der Waals surface area contributed by atoms with Gasteiger partial charge in [-0.25, -0.2) is 0 Å². The first-order valence-corrected chi connectivity index (χ1v) is 11.4. The van der Waals surface area contributed by atoms with E-state index in [1.54, 1.807) is 11.8 Å². The maximum atomic E-state index is 13.0. The predicted octanol–water partition coefficient (Wildman–Crippen LogP) is 4.83. The summed E-state index contributed by atoms with van der Waals surface area (Å²) >= 11 is 7.56. The van der Waals surface area contributed by atoms with E-state index >= 15 is 0 Å². The summed E-state index contributed by atoms with van der Waals surface area (Å²) in [7, 11) is 0. The van der Waals surface area contributed by atoms with Crippen molar-refractivity contribution in [3.05, 3.63) is 70.2 Å². The van der Waals surface area contributed by atoms with Gasteiger partial charge in [-0.15, -0.1) is 11.8 Å². The van der Waals surface area contributed by atoms with Gasteiger partial charge in [0.15, 0.2) is 0 Å². The number of aryl methyl sites for hydroxylation is 1. The zero-order chi connectivity index (χ0) is 21.2. The van der Waals surface area contributed by atoms with Gasteiger partial charge in [-0.2, -0.15) is 0 Å². The molecule has 2 aromatic carbocycles. The molecule has 0 heterocycles. The summed E-state index contributed by atoms with van der Waals surface area (Å²) in [5.41, 5.74) is 3.24. The van der Waals surface area contributed by atoms with Crippen LogP contribution in [0.25, 0.3) is 0 Å². The summed E-state index contributed by atoms with van der Waals surface area (Å²) in [5.74, 6) is 0.845. The molecule has 0 aromatic heterocycles. The maximum absolute atomic E-state index is 13.0. The van der Waals surface area contributed by atoms with Crippen LogP contribution in [0.4, 0.5) is 0 Å². The van der Waals surface area contributed by atoms with Crippen molar-refractivity contribution in [1.82, 2.24) is 10.2 Å². The van der Waals surface area contributed by atoms with Crippen molar-refractivity contribution in [2.24, 2.45) is 0 Å². The van der Waals surface area contributed by atoms with Crippen molar-refractivity contribution in [2.75, 3.05) is 12.3 Å². The first-order valence-electron chi connectivity index (χ1n) is 9.86. The number of carbonyl (C=O) groups is 2. The zero-order valence-corrected chi connectivity index (χ0v) is 18.9. The average molecular weight is 433 g/mol. The number of hydrogen-bond acceptors (Lipinski definition) is 3. The summed E-state index contributed by atoms with van der Waals surface area (Å²) in [6.07, 6.45) is 0.861. The van der Waals surface area contributed by atoms with E-state index < -0.39 is 6.04 Å². The molecule has 0 saturated carbocycles. The van der Waals surface area contributed by atoms with Crippen molar-refractivity contribution in [2.45, 2.75) is 45.5 Å². The number of halogens is 1. The number of nitrogens with zero attached hydrogens (tertiary/aromatic N) is 1. The molecule has 0 aliphatic rings. The quantitative estimate of drug-likeness (QED) is 0.585.